The first-order chi connectivity index (χ1) is 14.5. The Kier molecular flexibility index (Phi) is 9.25. The van der Waals surface area contributed by atoms with Gasteiger partial charge in [-0.05, 0) is 76.9 Å². The molecule has 0 aliphatic carbocycles. The van der Waals surface area contributed by atoms with Gasteiger partial charge in [0.1, 0.15) is 36.9 Å². The van der Waals surface area contributed by atoms with Gasteiger partial charge in [0.2, 0.25) is 0 Å². The van der Waals surface area contributed by atoms with E-state index in [0.29, 0.717) is 25.2 Å². The molecule has 0 unspecified atom stereocenters. The van der Waals surface area contributed by atoms with Gasteiger partial charge in [0.15, 0.2) is 0 Å². The normalized spacial score (nSPS) is 25.6. The molecule has 2 fully saturated rings. The number of ether oxygens (including phenoxy) is 2. The van der Waals surface area contributed by atoms with Crippen molar-refractivity contribution in [3.05, 3.63) is 24.3 Å². The Morgan fingerprint density at radius 2 is 1.17 bits per heavy atom. The number of piperidine rings is 2. The van der Waals surface area contributed by atoms with Gasteiger partial charge >= 0.3 is 0 Å². The first-order valence-corrected chi connectivity index (χ1v) is 11.7. The van der Waals surface area contributed by atoms with Crippen molar-refractivity contribution in [1.29, 1.82) is 0 Å². The molecule has 0 saturated carbocycles. The molecule has 3 rings (SSSR count). The average molecular weight is 421 g/mol. The summed E-state index contributed by atoms with van der Waals surface area (Å²) in [7, 11) is 0. The molecule has 1 aromatic rings. The third-order valence-corrected chi connectivity index (χ3v) is 6.48. The smallest absolute Gasteiger partial charge is 0.119 e. The van der Waals surface area contributed by atoms with Crippen LogP contribution in [-0.2, 0) is 0 Å². The van der Waals surface area contributed by atoms with E-state index >= 15 is 0 Å². The minimum Gasteiger partial charge on any atom is -0.491 e. The fraction of sp³-hybridized carbons (Fsp3) is 0.750. The van der Waals surface area contributed by atoms with Crippen molar-refractivity contribution in [2.75, 3.05) is 39.4 Å². The second kappa shape index (κ2) is 11.9. The summed E-state index contributed by atoms with van der Waals surface area (Å²) in [5, 5.41) is 20.6. The molecule has 6 heteroatoms. The van der Waals surface area contributed by atoms with Crippen LogP contribution in [-0.4, -0.2) is 83.7 Å². The highest BCUT2D eigenvalue weighted by molar-refractivity contribution is 5.31. The maximum atomic E-state index is 10.3. The Hall–Kier alpha value is -1.34. The number of aliphatic hydroxyl groups excluding tert-OH is 2. The highest BCUT2D eigenvalue weighted by Gasteiger charge is 2.22. The van der Waals surface area contributed by atoms with Gasteiger partial charge in [-0.1, -0.05) is 12.8 Å². The zero-order chi connectivity index (χ0) is 21.3. The summed E-state index contributed by atoms with van der Waals surface area (Å²) in [6, 6.07) is 8.49. The highest BCUT2D eigenvalue weighted by atomic mass is 16.5. The van der Waals surface area contributed by atoms with Crippen LogP contribution in [0.3, 0.4) is 0 Å². The Morgan fingerprint density at radius 1 is 0.767 bits per heavy atom. The Labute approximate surface area is 181 Å². The van der Waals surface area contributed by atoms with Gasteiger partial charge in [-0.15, -0.1) is 0 Å². The second-order valence-corrected chi connectivity index (χ2v) is 9.08. The predicted molar refractivity (Wildman–Crippen MR) is 119 cm³/mol. The van der Waals surface area contributed by atoms with Crippen molar-refractivity contribution in [2.24, 2.45) is 0 Å². The fourth-order valence-corrected chi connectivity index (χ4v) is 4.52. The third kappa shape index (κ3) is 7.41. The number of hydrogen-bond donors (Lipinski definition) is 2. The molecular weight excluding hydrogens is 380 g/mol. The number of aliphatic hydroxyl groups is 2. The van der Waals surface area contributed by atoms with Gasteiger partial charge in [-0.2, -0.15) is 0 Å². The van der Waals surface area contributed by atoms with Crippen LogP contribution in [0.4, 0.5) is 0 Å². The van der Waals surface area contributed by atoms with E-state index in [9.17, 15) is 10.2 Å². The molecule has 0 amide bonds. The lowest BCUT2D eigenvalue weighted by Gasteiger charge is -2.34. The number of hydrogen-bond acceptors (Lipinski definition) is 6. The standard InChI is InChI=1S/C24H40N2O4/c1-19-7-3-5-13-25(19)15-21(27)17-29-23-9-11-24(12-10-23)30-18-22(28)16-26-14-6-4-8-20(26)2/h9-12,19-22,27-28H,3-8,13-18H2,1-2H3/t19-,20-,21-,22+/m1/s1. The summed E-state index contributed by atoms with van der Waals surface area (Å²) in [6.45, 7) is 8.49. The number of likely N-dealkylation sites (tertiary alicyclic amines) is 2. The Balaban J connectivity index is 1.35. The van der Waals surface area contributed by atoms with Crippen LogP contribution < -0.4 is 9.47 Å². The summed E-state index contributed by atoms with van der Waals surface area (Å²) in [5.74, 6) is 1.44. The number of β-amino-alcohol motifs (C(OH)–C–C–N with tert-alkyl or cyclic N) is 2. The van der Waals surface area contributed by atoms with Crippen LogP contribution in [0.5, 0.6) is 11.5 Å². The van der Waals surface area contributed by atoms with Crippen LogP contribution in [0.1, 0.15) is 52.4 Å². The Morgan fingerprint density at radius 3 is 1.53 bits per heavy atom. The molecule has 0 spiro atoms. The van der Waals surface area contributed by atoms with Crippen LogP contribution >= 0.6 is 0 Å². The van der Waals surface area contributed by atoms with E-state index in [1.165, 1.54) is 38.5 Å². The molecule has 6 nitrogen and oxygen atoms in total. The van der Waals surface area contributed by atoms with Crippen molar-refractivity contribution in [2.45, 2.75) is 76.7 Å². The molecule has 2 aliphatic heterocycles. The largest absolute Gasteiger partial charge is 0.491 e. The first kappa shape index (κ1) is 23.3. The molecule has 2 saturated heterocycles. The van der Waals surface area contributed by atoms with Crippen LogP contribution in [0, 0.1) is 0 Å². The minimum atomic E-state index is -0.492. The maximum Gasteiger partial charge on any atom is 0.119 e. The summed E-state index contributed by atoms with van der Waals surface area (Å²) >= 11 is 0. The van der Waals surface area contributed by atoms with E-state index in [1.54, 1.807) is 0 Å². The van der Waals surface area contributed by atoms with Crippen molar-refractivity contribution in [3.8, 4) is 11.5 Å². The van der Waals surface area contributed by atoms with Gasteiger partial charge in [-0.3, -0.25) is 9.80 Å². The second-order valence-electron chi connectivity index (χ2n) is 9.08. The van der Waals surface area contributed by atoms with Gasteiger partial charge in [0.25, 0.3) is 0 Å². The van der Waals surface area contributed by atoms with Gasteiger partial charge in [0.05, 0.1) is 0 Å². The Bertz CT molecular complexity index is 559. The van der Waals surface area contributed by atoms with E-state index in [0.717, 1.165) is 24.6 Å². The minimum absolute atomic E-state index is 0.288. The first-order valence-electron chi connectivity index (χ1n) is 11.7. The maximum absolute atomic E-state index is 10.3. The number of nitrogens with zero attached hydrogens (tertiary/aromatic N) is 2. The highest BCUT2D eigenvalue weighted by Crippen LogP contribution is 2.20. The fourth-order valence-electron chi connectivity index (χ4n) is 4.52. The molecule has 30 heavy (non-hydrogen) atoms. The van der Waals surface area contributed by atoms with Gasteiger partial charge in [-0.25, -0.2) is 0 Å². The van der Waals surface area contributed by atoms with Gasteiger partial charge < -0.3 is 19.7 Å². The predicted octanol–water partition coefficient (Wildman–Crippen LogP) is 2.91. The van der Waals surface area contributed by atoms with Crippen molar-refractivity contribution < 1.29 is 19.7 Å². The molecule has 2 heterocycles. The lowest BCUT2D eigenvalue weighted by molar-refractivity contribution is 0.0428. The quantitative estimate of drug-likeness (QED) is 0.607. The molecule has 170 valence electrons. The molecule has 2 N–H and O–H groups in total. The van der Waals surface area contributed by atoms with Crippen molar-refractivity contribution in [1.82, 2.24) is 9.80 Å². The van der Waals surface area contributed by atoms with E-state index in [1.807, 2.05) is 24.3 Å². The molecule has 2 aliphatic rings. The monoisotopic (exact) mass is 420 g/mol. The van der Waals surface area contributed by atoms with Crippen LogP contribution in [0.2, 0.25) is 0 Å². The average Bonchev–Trinajstić information content (AvgIpc) is 2.75. The molecule has 0 aromatic heterocycles. The van der Waals surface area contributed by atoms with Crippen LogP contribution in [0.15, 0.2) is 24.3 Å². The van der Waals surface area contributed by atoms with Crippen molar-refractivity contribution >= 4 is 0 Å². The third-order valence-electron chi connectivity index (χ3n) is 6.48. The topological polar surface area (TPSA) is 65.4 Å². The van der Waals surface area contributed by atoms with E-state index < -0.39 is 12.2 Å². The summed E-state index contributed by atoms with van der Waals surface area (Å²) < 4.78 is 11.5. The van der Waals surface area contributed by atoms with Crippen LogP contribution in [0.25, 0.3) is 0 Å². The lowest BCUT2D eigenvalue weighted by atomic mass is 10.0. The summed E-state index contributed by atoms with van der Waals surface area (Å²) in [6.07, 6.45) is 6.43. The lowest BCUT2D eigenvalue weighted by Crippen LogP contribution is -2.43. The number of rotatable bonds is 10. The summed E-state index contributed by atoms with van der Waals surface area (Å²) in [4.78, 5) is 4.70. The van der Waals surface area contributed by atoms with Gasteiger partial charge in [0, 0.05) is 25.2 Å². The molecular formula is C24H40N2O4. The van der Waals surface area contributed by atoms with Crippen molar-refractivity contribution in [3.63, 3.8) is 0 Å². The van der Waals surface area contributed by atoms with E-state index in [-0.39, 0.29) is 13.2 Å². The number of benzene rings is 1. The molecule has 1 aromatic carbocycles. The molecule has 0 radical (unpaired) electrons. The van der Waals surface area contributed by atoms with E-state index in [4.69, 9.17) is 9.47 Å². The SMILES string of the molecule is C[C@@H]1CCCCN1C[C@H](O)COc1ccc(OC[C@H](O)CN2CCCC[C@H]2C)cc1. The zero-order valence-corrected chi connectivity index (χ0v) is 18.7. The molecule has 0 bridgehead atoms. The summed E-state index contributed by atoms with van der Waals surface area (Å²) in [5.41, 5.74) is 0. The zero-order valence-electron chi connectivity index (χ0n) is 18.7. The molecule has 4 atom stereocenters. The van der Waals surface area contributed by atoms with E-state index in [2.05, 4.69) is 23.6 Å².